The molecule has 1 fully saturated rings. The molecule has 0 unspecified atom stereocenters. The van der Waals surface area contributed by atoms with Crippen molar-refractivity contribution in [3.8, 4) is 0 Å². The van der Waals surface area contributed by atoms with Crippen molar-refractivity contribution in [3.63, 3.8) is 0 Å². The molecule has 27 heavy (non-hydrogen) atoms. The second-order valence-corrected chi connectivity index (χ2v) is 7.26. The second-order valence-electron chi connectivity index (χ2n) is 6.03. The van der Waals surface area contributed by atoms with E-state index in [0.717, 1.165) is 5.69 Å². The number of halogens is 2. The standard InChI is InChI=1S/C19H15Cl2N3O2S/c1-23(2)14-6-3-11(16(21)10-14)9-15-17(25)22-19(27)24(18(15)26)13-7-4-12(20)5-8-13/h3-10H,1-2H3,(H,22,25,27). The Morgan fingerprint density at radius 2 is 1.74 bits per heavy atom. The van der Waals surface area contributed by atoms with Crippen LogP contribution in [0.2, 0.25) is 10.0 Å². The van der Waals surface area contributed by atoms with Gasteiger partial charge in [-0.3, -0.25) is 19.8 Å². The number of thiocarbonyl (C=S) groups is 1. The quantitative estimate of drug-likeness (QED) is 0.465. The number of nitrogens with zero attached hydrogens (tertiary/aromatic N) is 2. The number of anilines is 2. The van der Waals surface area contributed by atoms with Gasteiger partial charge in [-0.1, -0.05) is 29.3 Å². The van der Waals surface area contributed by atoms with Gasteiger partial charge in [-0.2, -0.15) is 0 Å². The molecule has 0 aromatic heterocycles. The fourth-order valence-electron chi connectivity index (χ4n) is 2.55. The van der Waals surface area contributed by atoms with Gasteiger partial charge in [0.2, 0.25) is 0 Å². The van der Waals surface area contributed by atoms with Crippen molar-refractivity contribution < 1.29 is 9.59 Å². The Hall–Kier alpha value is -2.41. The first-order chi connectivity index (χ1) is 12.8. The normalized spacial score (nSPS) is 15.9. The minimum Gasteiger partial charge on any atom is -0.378 e. The van der Waals surface area contributed by atoms with Gasteiger partial charge in [-0.05, 0) is 60.3 Å². The van der Waals surface area contributed by atoms with E-state index in [2.05, 4.69) is 5.32 Å². The van der Waals surface area contributed by atoms with E-state index in [1.165, 1.54) is 11.0 Å². The Labute approximate surface area is 172 Å². The Morgan fingerprint density at radius 1 is 1.07 bits per heavy atom. The minimum atomic E-state index is -0.567. The highest BCUT2D eigenvalue weighted by Gasteiger charge is 2.34. The zero-order chi connectivity index (χ0) is 19.7. The van der Waals surface area contributed by atoms with Crippen molar-refractivity contribution in [1.29, 1.82) is 0 Å². The van der Waals surface area contributed by atoms with Gasteiger partial charge in [0.15, 0.2) is 5.11 Å². The summed E-state index contributed by atoms with van der Waals surface area (Å²) in [5.41, 5.74) is 1.92. The van der Waals surface area contributed by atoms with E-state index in [0.29, 0.717) is 21.3 Å². The third-order valence-corrected chi connectivity index (χ3v) is 4.85. The Bertz CT molecular complexity index is 971. The van der Waals surface area contributed by atoms with Crippen LogP contribution >= 0.6 is 35.4 Å². The number of rotatable bonds is 3. The first kappa shape index (κ1) is 19.4. The van der Waals surface area contributed by atoms with Crippen LogP contribution in [0.25, 0.3) is 6.08 Å². The molecule has 5 nitrogen and oxygen atoms in total. The van der Waals surface area contributed by atoms with E-state index in [1.54, 1.807) is 36.4 Å². The second kappa shape index (κ2) is 7.68. The fraction of sp³-hybridized carbons (Fsp3) is 0.105. The number of nitrogens with one attached hydrogen (secondary N) is 1. The highest BCUT2D eigenvalue weighted by atomic mass is 35.5. The van der Waals surface area contributed by atoms with E-state index in [9.17, 15) is 9.59 Å². The lowest BCUT2D eigenvalue weighted by atomic mass is 10.1. The summed E-state index contributed by atoms with van der Waals surface area (Å²) in [4.78, 5) is 28.5. The number of hydrogen-bond acceptors (Lipinski definition) is 4. The molecule has 0 radical (unpaired) electrons. The largest absolute Gasteiger partial charge is 0.378 e. The van der Waals surface area contributed by atoms with E-state index >= 15 is 0 Å². The lowest BCUT2D eigenvalue weighted by Crippen LogP contribution is -2.54. The molecule has 1 N–H and O–H groups in total. The topological polar surface area (TPSA) is 52.7 Å². The van der Waals surface area contributed by atoms with Gasteiger partial charge < -0.3 is 4.90 Å². The van der Waals surface area contributed by atoms with Crippen LogP contribution in [-0.4, -0.2) is 31.0 Å². The maximum Gasteiger partial charge on any atom is 0.270 e. The van der Waals surface area contributed by atoms with Gasteiger partial charge in [-0.25, -0.2) is 0 Å². The van der Waals surface area contributed by atoms with Crippen LogP contribution in [0.5, 0.6) is 0 Å². The molecule has 1 saturated heterocycles. The summed E-state index contributed by atoms with van der Waals surface area (Å²) >= 11 is 17.4. The number of amides is 2. The SMILES string of the molecule is CN(C)c1ccc(C=C2C(=O)NC(=S)N(c3ccc(Cl)cc3)C2=O)c(Cl)c1. The zero-order valence-corrected chi connectivity index (χ0v) is 16.8. The molecular weight excluding hydrogens is 405 g/mol. The number of carbonyl (C=O) groups is 2. The van der Waals surface area contributed by atoms with E-state index < -0.39 is 11.8 Å². The average molecular weight is 420 g/mol. The lowest BCUT2D eigenvalue weighted by molar-refractivity contribution is -0.122. The first-order valence-electron chi connectivity index (χ1n) is 7.92. The molecule has 0 aliphatic carbocycles. The van der Waals surface area contributed by atoms with Crippen LogP contribution in [-0.2, 0) is 9.59 Å². The first-order valence-corrected chi connectivity index (χ1v) is 9.08. The summed E-state index contributed by atoms with van der Waals surface area (Å²) < 4.78 is 0. The van der Waals surface area contributed by atoms with Crippen molar-refractivity contribution in [2.24, 2.45) is 0 Å². The van der Waals surface area contributed by atoms with Gasteiger partial charge in [0, 0.05) is 29.8 Å². The van der Waals surface area contributed by atoms with Crippen molar-refractivity contribution in [3.05, 3.63) is 63.6 Å². The summed E-state index contributed by atoms with van der Waals surface area (Å²) in [6.07, 6.45) is 1.46. The third-order valence-electron chi connectivity index (χ3n) is 3.99. The molecule has 2 aromatic rings. The maximum absolute atomic E-state index is 12.9. The van der Waals surface area contributed by atoms with Crippen molar-refractivity contribution >= 4 is 69.8 Å². The Kier molecular flexibility index (Phi) is 5.51. The molecule has 3 rings (SSSR count). The highest BCUT2D eigenvalue weighted by Crippen LogP contribution is 2.27. The molecule has 2 aromatic carbocycles. The van der Waals surface area contributed by atoms with Crippen molar-refractivity contribution in [2.45, 2.75) is 0 Å². The smallest absolute Gasteiger partial charge is 0.270 e. The van der Waals surface area contributed by atoms with Gasteiger partial charge in [0.1, 0.15) is 5.57 Å². The summed E-state index contributed by atoms with van der Waals surface area (Å²) in [5, 5.41) is 3.51. The molecule has 0 spiro atoms. The molecule has 2 amide bonds. The van der Waals surface area contributed by atoms with E-state index in [1.807, 2.05) is 25.1 Å². The van der Waals surface area contributed by atoms with E-state index in [4.69, 9.17) is 35.4 Å². The van der Waals surface area contributed by atoms with Crippen LogP contribution in [0, 0.1) is 0 Å². The summed E-state index contributed by atoms with van der Waals surface area (Å²) in [6, 6.07) is 12.0. The molecule has 8 heteroatoms. The number of carbonyl (C=O) groups excluding carboxylic acids is 2. The fourth-order valence-corrected chi connectivity index (χ4v) is 3.19. The van der Waals surface area contributed by atoms with Crippen LogP contribution < -0.4 is 15.1 Å². The van der Waals surface area contributed by atoms with Crippen LogP contribution in [0.1, 0.15) is 5.56 Å². The molecule has 0 saturated carbocycles. The van der Waals surface area contributed by atoms with Gasteiger partial charge >= 0.3 is 0 Å². The average Bonchev–Trinajstić information content (AvgIpc) is 2.61. The number of hydrogen-bond donors (Lipinski definition) is 1. The van der Waals surface area contributed by atoms with Crippen LogP contribution in [0.3, 0.4) is 0 Å². The molecular formula is C19H15Cl2N3O2S. The Morgan fingerprint density at radius 3 is 2.33 bits per heavy atom. The molecule has 1 aliphatic heterocycles. The van der Waals surface area contributed by atoms with Gasteiger partial charge in [0.25, 0.3) is 11.8 Å². The summed E-state index contributed by atoms with van der Waals surface area (Å²) in [5.74, 6) is -1.10. The number of benzene rings is 2. The molecule has 1 aliphatic rings. The zero-order valence-electron chi connectivity index (χ0n) is 14.5. The van der Waals surface area contributed by atoms with Crippen molar-refractivity contribution in [2.75, 3.05) is 23.9 Å². The van der Waals surface area contributed by atoms with Crippen LogP contribution in [0.4, 0.5) is 11.4 Å². The van der Waals surface area contributed by atoms with Crippen molar-refractivity contribution in [1.82, 2.24) is 5.32 Å². The lowest BCUT2D eigenvalue weighted by Gasteiger charge is -2.29. The summed E-state index contributed by atoms with van der Waals surface area (Å²) in [6.45, 7) is 0. The van der Waals surface area contributed by atoms with E-state index in [-0.39, 0.29) is 10.7 Å². The highest BCUT2D eigenvalue weighted by molar-refractivity contribution is 7.80. The van der Waals surface area contributed by atoms with Gasteiger partial charge in [-0.15, -0.1) is 0 Å². The molecule has 1 heterocycles. The molecule has 138 valence electrons. The summed E-state index contributed by atoms with van der Waals surface area (Å²) in [7, 11) is 3.79. The predicted molar refractivity (Wildman–Crippen MR) is 113 cm³/mol. The predicted octanol–water partition coefficient (Wildman–Crippen LogP) is 3.89. The molecule has 0 bridgehead atoms. The Balaban J connectivity index is 2.00. The maximum atomic E-state index is 12.9. The van der Waals surface area contributed by atoms with Gasteiger partial charge in [0.05, 0.1) is 5.69 Å². The minimum absolute atomic E-state index is 0.0125. The molecule has 0 atom stereocenters. The third kappa shape index (κ3) is 3.98. The monoisotopic (exact) mass is 419 g/mol. The van der Waals surface area contributed by atoms with Crippen LogP contribution in [0.15, 0.2) is 48.0 Å².